The molecule has 0 fully saturated rings. The maximum Gasteiger partial charge on any atom is 0.135 e. The van der Waals surface area contributed by atoms with Crippen LogP contribution < -0.4 is 9.75 Å². The molecule has 8 aromatic carbocycles. The van der Waals surface area contributed by atoms with Crippen LogP contribution in [0.2, 0.25) is 0 Å². The monoisotopic (exact) mass is 1030 g/mol. The Morgan fingerprint density at radius 3 is 1.55 bits per heavy atom. The smallest absolute Gasteiger partial charge is 0.135 e. The van der Waals surface area contributed by atoms with Gasteiger partial charge in [0.05, 0.1) is 39.8 Å². The molecule has 0 N–H and O–H groups in total. The maximum absolute atomic E-state index is 6.46. The molecule has 4 aromatic heterocycles. The van der Waals surface area contributed by atoms with Gasteiger partial charge in [0.1, 0.15) is 5.82 Å². The quantitative estimate of drug-likeness (QED) is 0.149. The SMILES string of the molecule is Cc1cc(-n2c3[c-]c(Oc4[c-]c(N5[CH-]N(C)C=N5)ccc4)ccc3c3ccccc32)ncc1-c1c(-n2c3ccccc3c3ccccc32)cccc1-n1c2ccccc2c2ccccc21.[Pt]. The zero-order valence-corrected chi connectivity index (χ0v) is 38.1. The number of para-hydroxylation sites is 5. The number of rotatable bonds is 7. The van der Waals surface area contributed by atoms with Crippen molar-refractivity contribution in [2.24, 2.45) is 5.10 Å². The van der Waals surface area contributed by atoms with Crippen molar-refractivity contribution in [1.29, 1.82) is 0 Å². The van der Waals surface area contributed by atoms with Gasteiger partial charge in [-0.2, -0.15) is 17.2 Å². The normalized spacial score (nSPS) is 12.7. The van der Waals surface area contributed by atoms with Crippen LogP contribution in [0.3, 0.4) is 0 Å². The molecule has 0 bridgehead atoms. The molecule has 1 aliphatic rings. The Morgan fingerprint density at radius 1 is 0.515 bits per heavy atom. The Labute approximate surface area is 395 Å². The van der Waals surface area contributed by atoms with Crippen molar-refractivity contribution in [2.75, 3.05) is 12.1 Å². The molecule has 9 heteroatoms. The molecule has 0 atom stereocenters. The number of hydrogen-bond acceptors (Lipinski definition) is 5. The number of aryl methyl sites for hydroxylation is 1. The van der Waals surface area contributed by atoms with E-state index in [-0.39, 0.29) is 21.1 Å². The van der Waals surface area contributed by atoms with E-state index in [1.807, 2.05) is 42.9 Å². The summed E-state index contributed by atoms with van der Waals surface area (Å²) >= 11 is 0. The minimum absolute atomic E-state index is 0. The molecule has 0 amide bonds. The third-order valence-corrected chi connectivity index (χ3v) is 12.7. The van der Waals surface area contributed by atoms with Gasteiger partial charge in [-0.3, -0.25) is 0 Å². The number of pyridine rings is 1. The summed E-state index contributed by atoms with van der Waals surface area (Å²) in [6, 6.07) is 69.1. The van der Waals surface area contributed by atoms with E-state index < -0.39 is 0 Å². The second kappa shape index (κ2) is 15.6. The second-order valence-corrected chi connectivity index (χ2v) is 16.6. The standard InChI is InChI=1S/C57H38N7O.Pt/c1-37-31-56(64-52-26-12-7-21-45(52)46-30-29-40(33-55(46)64)65-39-16-13-15-38(32-39)61-36-60(2)35-59-61)58-34-47(37)57-53(62-48-22-8-3-17-41(48)42-18-4-9-23-49(42)62)27-14-28-54(57)63-50-24-10-5-19-43(50)44-20-6-11-25-51(44)63;/h3-31,34-36H,1-2H3;/q-3;. The van der Waals surface area contributed by atoms with Gasteiger partial charge in [-0.1, -0.05) is 108 Å². The molecule has 0 unspecified atom stereocenters. The van der Waals surface area contributed by atoms with E-state index >= 15 is 0 Å². The van der Waals surface area contributed by atoms with E-state index in [2.05, 4.69) is 196 Å². The number of nitrogens with zero attached hydrogens (tertiary/aromatic N) is 7. The molecule has 1 aliphatic heterocycles. The van der Waals surface area contributed by atoms with Crippen LogP contribution in [0.25, 0.3) is 93.7 Å². The fourth-order valence-electron chi connectivity index (χ4n) is 9.88. The van der Waals surface area contributed by atoms with Gasteiger partial charge in [0, 0.05) is 76.9 Å². The predicted octanol–water partition coefficient (Wildman–Crippen LogP) is 13.6. The van der Waals surface area contributed by atoms with Crippen molar-refractivity contribution in [1.82, 2.24) is 23.6 Å². The molecule has 0 saturated heterocycles. The predicted molar refractivity (Wildman–Crippen MR) is 265 cm³/mol. The van der Waals surface area contributed by atoms with Gasteiger partial charge in [0.25, 0.3) is 0 Å². The van der Waals surface area contributed by atoms with Gasteiger partial charge in [0.15, 0.2) is 0 Å². The second-order valence-electron chi connectivity index (χ2n) is 16.6. The van der Waals surface area contributed by atoms with E-state index in [1.165, 1.54) is 21.5 Å². The van der Waals surface area contributed by atoms with E-state index in [9.17, 15) is 0 Å². The van der Waals surface area contributed by atoms with Gasteiger partial charge in [-0.05, 0) is 73.5 Å². The summed E-state index contributed by atoms with van der Waals surface area (Å²) < 4.78 is 13.5. The summed E-state index contributed by atoms with van der Waals surface area (Å²) in [7, 11) is 1.94. The first-order chi connectivity index (χ1) is 32.1. The summed E-state index contributed by atoms with van der Waals surface area (Å²) in [5.41, 5.74) is 12.6. The van der Waals surface area contributed by atoms with Crippen LogP contribution in [-0.2, 0) is 21.1 Å². The van der Waals surface area contributed by atoms with Gasteiger partial charge < -0.3 is 28.3 Å². The average molecular weight is 1030 g/mol. The number of aromatic nitrogens is 4. The van der Waals surface area contributed by atoms with Crippen molar-refractivity contribution < 1.29 is 25.8 Å². The zero-order chi connectivity index (χ0) is 43.2. The molecule has 8 nitrogen and oxygen atoms in total. The van der Waals surface area contributed by atoms with Crippen LogP contribution in [0.4, 0.5) is 5.69 Å². The fourth-order valence-corrected chi connectivity index (χ4v) is 9.88. The number of benzene rings is 8. The van der Waals surface area contributed by atoms with Crippen molar-refractivity contribution in [3.05, 3.63) is 206 Å². The number of ether oxygens (including phenoxy) is 1. The van der Waals surface area contributed by atoms with Crippen LogP contribution in [0.1, 0.15) is 5.56 Å². The van der Waals surface area contributed by atoms with Gasteiger partial charge in [0.2, 0.25) is 0 Å². The summed E-state index contributed by atoms with van der Waals surface area (Å²) in [5, 5.41) is 13.2. The van der Waals surface area contributed by atoms with Crippen LogP contribution in [0.15, 0.2) is 187 Å². The maximum atomic E-state index is 6.46. The summed E-state index contributed by atoms with van der Waals surface area (Å²) in [6.45, 7) is 4.09. The summed E-state index contributed by atoms with van der Waals surface area (Å²) in [4.78, 5) is 7.27. The van der Waals surface area contributed by atoms with Crippen LogP contribution in [0, 0.1) is 25.7 Å². The molecular weight excluding hydrogens is 994 g/mol. The first kappa shape index (κ1) is 39.6. The molecule has 0 saturated carbocycles. The van der Waals surface area contributed by atoms with Crippen LogP contribution in [0.5, 0.6) is 11.5 Å². The zero-order valence-electron chi connectivity index (χ0n) is 35.8. The number of hydrogen-bond donors (Lipinski definition) is 0. The molecule has 66 heavy (non-hydrogen) atoms. The Balaban J connectivity index is 0.00000456. The third kappa shape index (κ3) is 6.17. The molecule has 0 spiro atoms. The molecule has 320 valence electrons. The molecule has 13 rings (SSSR count). The fraction of sp³-hybridized carbons (Fsp3) is 0.0351. The first-order valence-corrected chi connectivity index (χ1v) is 21.7. The molecule has 12 aromatic rings. The summed E-state index contributed by atoms with van der Waals surface area (Å²) in [5.74, 6) is 1.93. The van der Waals surface area contributed by atoms with Gasteiger partial charge in [-0.15, -0.1) is 42.4 Å². The van der Waals surface area contributed by atoms with E-state index in [0.29, 0.717) is 11.5 Å². The molecular formula is C57H38N7OPt-3. The van der Waals surface area contributed by atoms with Crippen LogP contribution in [-0.4, -0.2) is 37.0 Å². The molecule has 0 radical (unpaired) electrons. The summed E-state index contributed by atoms with van der Waals surface area (Å²) in [6.07, 6.45) is 3.81. The van der Waals surface area contributed by atoms with Crippen molar-refractivity contribution in [3.8, 4) is 39.8 Å². The molecule has 5 heterocycles. The topological polar surface area (TPSA) is 55.8 Å². The largest absolute Gasteiger partial charge is 0.509 e. The van der Waals surface area contributed by atoms with E-state index in [0.717, 1.165) is 83.4 Å². The molecule has 0 aliphatic carbocycles. The van der Waals surface area contributed by atoms with Crippen molar-refractivity contribution in [2.45, 2.75) is 6.92 Å². The van der Waals surface area contributed by atoms with Crippen molar-refractivity contribution >= 4 is 77.4 Å². The minimum atomic E-state index is 0. The number of hydrazone groups is 1. The number of fused-ring (bicyclic) bond motifs is 9. The van der Waals surface area contributed by atoms with Crippen LogP contribution >= 0.6 is 0 Å². The van der Waals surface area contributed by atoms with E-state index in [4.69, 9.17) is 9.72 Å². The average Bonchev–Trinajstić information content (AvgIpc) is 4.11. The Kier molecular flexibility index (Phi) is 9.40. The van der Waals surface area contributed by atoms with Gasteiger partial charge >= 0.3 is 0 Å². The Hall–Kier alpha value is -7.93. The first-order valence-electron chi connectivity index (χ1n) is 21.7. The van der Waals surface area contributed by atoms with E-state index in [1.54, 1.807) is 11.3 Å². The minimum Gasteiger partial charge on any atom is -0.509 e. The van der Waals surface area contributed by atoms with Gasteiger partial charge in [-0.25, -0.2) is 4.98 Å². The Bertz CT molecular complexity index is 3680. The Morgan fingerprint density at radius 2 is 1.02 bits per heavy atom. The number of anilines is 1. The van der Waals surface area contributed by atoms with Crippen molar-refractivity contribution in [3.63, 3.8) is 0 Å². The third-order valence-electron chi connectivity index (χ3n) is 12.7.